The molecule has 1 aromatic carbocycles. The molecule has 4 rings (SSSR count). The van der Waals surface area contributed by atoms with Crippen LogP contribution in [0.5, 0.6) is 5.75 Å². The number of anilines is 4. The van der Waals surface area contributed by atoms with E-state index in [9.17, 15) is 13.2 Å². The standard InChI is InChI=1S/C23H32ClN7O4S/c1-3-31-12-15-8-20(35-2)19(9-18(15)27-21(32)13-31)29-23-25-11-16(24)22(30-23)28-17-7-5-4-6-14(17)10-26-36(33)34/h8-9,11,14,17,36H,3-7,10,12-13H2,1-2H3,(H,27,32)(H,26,33,34)(H2,25,28,29,30)/t14-,17-/m1/s1. The third-order valence-corrected chi connectivity index (χ3v) is 7.33. The van der Waals surface area contributed by atoms with Gasteiger partial charge in [-0.05, 0) is 43.0 Å². The molecule has 0 saturated heterocycles. The lowest BCUT2D eigenvalue weighted by Gasteiger charge is -2.32. The van der Waals surface area contributed by atoms with Crippen LogP contribution in [0.2, 0.25) is 5.02 Å². The molecule has 11 nitrogen and oxygen atoms in total. The lowest BCUT2D eigenvalue weighted by Crippen LogP contribution is -2.38. The predicted octanol–water partition coefficient (Wildman–Crippen LogP) is 2.74. The van der Waals surface area contributed by atoms with Crippen molar-refractivity contribution in [2.45, 2.75) is 45.2 Å². The van der Waals surface area contributed by atoms with Gasteiger partial charge in [-0.15, -0.1) is 0 Å². The van der Waals surface area contributed by atoms with Crippen LogP contribution in [0, 0.1) is 5.92 Å². The molecule has 0 unspecified atom stereocenters. The number of halogens is 1. The first kappa shape index (κ1) is 26.4. The predicted molar refractivity (Wildman–Crippen MR) is 141 cm³/mol. The summed E-state index contributed by atoms with van der Waals surface area (Å²) in [6.07, 6.45) is 5.40. The number of carbonyl (C=O) groups excluding carboxylic acids is 1. The fourth-order valence-corrected chi connectivity index (χ4v) is 5.24. The molecule has 0 bridgehead atoms. The number of hydrogen-bond acceptors (Lipinski definition) is 9. The Labute approximate surface area is 217 Å². The monoisotopic (exact) mass is 537 g/mol. The van der Waals surface area contributed by atoms with E-state index in [-0.39, 0.29) is 17.9 Å². The maximum Gasteiger partial charge on any atom is 0.238 e. The molecule has 2 aromatic rings. The van der Waals surface area contributed by atoms with Gasteiger partial charge < -0.3 is 20.7 Å². The molecular weight excluding hydrogens is 506 g/mol. The van der Waals surface area contributed by atoms with Crippen molar-refractivity contribution in [3.63, 3.8) is 0 Å². The Morgan fingerprint density at radius 3 is 2.81 bits per heavy atom. The summed E-state index contributed by atoms with van der Waals surface area (Å²) in [4.78, 5) is 23.3. The zero-order valence-corrected chi connectivity index (χ0v) is 22.0. The minimum atomic E-state index is -2.64. The van der Waals surface area contributed by atoms with E-state index in [1.807, 2.05) is 19.1 Å². The number of thiol groups is 1. The number of nitrogens with one attached hydrogen (secondary N) is 4. The minimum absolute atomic E-state index is 0.0280. The van der Waals surface area contributed by atoms with Crippen LogP contribution in [0.25, 0.3) is 0 Å². The van der Waals surface area contributed by atoms with Crippen molar-refractivity contribution >= 4 is 51.5 Å². The Morgan fingerprint density at radius 2 is 2.06 bits per heavy atom. The number of methoxy groups -OCH3 is 1. The van der Waals surface area contributed by atoms with E-state index in [1.54, 1.807) is 7.11 Å². The fraction of sp³-hybridized carbons (Fsp3) is 0.522. The normalized spacial score (nSPS) is 20.4. The summed E-state index contributed by atoms with van der Waals surface area (Å²) in [7, 11) is -1.05. The number of aromatic nitrogens is 2. The van der Waals surface area contributed by atoms with Crippen LogP contribution in [0.4, 0.5) is 23.1 Å². The van der Waals surface area contributed by atoms with E-state index < -0.39 is 10.9 Å². The second-order valence-corrected chi connectivity index (χ2v) is 10.2. The number of rotatable bonds is 9. The summed E-state index contributed by atoms with van der Waals surface area (Å²) in [5.41, 5.74) is 2.27. The molecule has 1 fully saturated rings. The van der Waals surface area contributed by atoms with E-state index >= 15 is 0 Å². The van der Waals surface area contributed by atoms with Gasteiger partial charge in [0.15, 0.2) is 5.82 Å². The Balaban J connectivity index is 1.55. The number of likely N-dealkylation sites (N-methyl/N-ethyl adjacent to an activating group) is 1. The molecule has 13 heteroatoms. The number of nitrogens with zero attached hydrogens (tertiary/aromatic N) is 3. The van der Waals surface area contributed by atoms with Crippen molar-refractivity contribution in [3.05, 3.63) is 28.9 Å². The highest BCUT2D eigenvalue weighted by atomic mass is 35.5. The molecule has 36 heavy (non-hydrogen) atoms. The molecule has 2 atom stereocenters. The Hall–Kier alpha value is -2.67. The van der Waals surface area contributed by atoms with Crippen LogP contribution >= 0.6 is 11.6 Å². The topological polar surface area (TPSA) is 138 Å². The van der Waals surface area contributed by atoms with Crippen molar-refractivity contribution < 1.29 is 17.9 Å². The van der Waals surface area contributed by atoms with Crippen LogP contribution in [0.3, 0.4) is 0 Å². The van der Waals surface area contributed by atoms with Crippen LogP contribution in [0.15, 0.2) is 18.3 Å². The van der Waals surface area contributed by atoms with E-state index in [1.165, 1.54) is 6.20 Å². The average molecular weight is 538 g/mol. The first-order chi connectivity index (χ1) is 17.4. The summed E-state index contributed by atoms with van der Waals surface area (Å²) in [5.74, 6) is 1.44. The van der Waals surface area contributed by atoms with Gasteiger partial charge in [0.1, 0.15) is 10.8 Å². The number of hydrogen-bond donors (Lipinski definition) is 5. The molecule has 1 saturated carbocycles. The van der Waals surface area contributed by atoms with Crippen molar-refractivity contribution in [1.82, 2.24) is 19.6 Å². The van der Waals surface area contributed by atoms with E-state index in [0.717, 1.165) is 37.8 Å². The van der Waals surface area contributed by atoms with E-state index in [0.29, 0.717) is 53.5 Å². The third-order valence-electron chi connectivity index (χ3n) is 6.61. The molecular formula is C23H32ClN7O4S. The van der Waals surface area contributed by atoms with Gasteiger partial charge in [-0.2, -0.15) is 4.98 Å². The highest BCUT2D eigenvalue weighted by molar-refractivity contribution is 7.70. The van der Waals surface area contributed by atoms with Crippen molar-refractivity contribution in [1.29, 1.82) is 0 Å². The van der Waals surface area contributed by atoms with E-state index in [4.69, 9.17) is 16.3 Å². The number of carbonyl (C=O) groups is 1. The molecule has 4 N–H and O–H groups in total. The maximum absolute atomic E-state index is 12.3. The summed E-state index contributed by atoms with van der Waals surface area (Å²) in [6, 6.07) is 3.75. The number of fused-ring (bicyclic) bond motifs is 1. The van der Waals surface area contributed by atoms with Crippen LogP contribution in [-0.4, -0.2) is 62.0 Å². The van der Waals surface area contributed by atoms with Gasteiger partial charge in [0.2, 0.25) is 22.7 Å². The van der Waals surface area contributed by atoms with Crippen molar-refractivity contribution in [2.24, 2.45) is 5.92 Å². The van der Waals surface area contributed by atoms with Gasteiger partial charge in [0.05, 0.1) is 25.5 Å². The zero-order chi connectivity index (χ0) is 25.7. The van der Waals surface area contributed by atoms with Gasteiger partial charge in [0, 0.05) is 24.8 Å². The molecule has 1 aliphatic heterocycles. The highest BCUT2D eigenvalue weighted by Crippen LogP contribution is 2.35. The number of ether oxygens (including phenoxy) is 1. The smallest absolute Gasteiger partial charge is 0.238 e. The van der Waals surface area contributed by atoms with Crippen molar-refractivity contribution in [2.75, 3.05) is 42.7 Å². The highest BCUT2D eigenvalue weighted by Gasteiger charge is 2.26. The SMILES string of the molecule is CCN1CC(=O)Nc2cc(Nc3ncc(Cl)c(N[C@@H]4CCCC[C@@H]4CN[SH](=O)=O)n3)c(OC)cc2C1. The van der Waals surface area contributed by atoms with Crippen LogP contribution in [-0.2, 0) is 22.2 Å². The summed E-state index contributed by atoms with van der Waals surface area (Å²) >= 11 is 6.40. The van der Waals surface area contributed by atoms with Crippen LogP contribution < -0.4 is 25.4 Å². The summed E-state index contributed by atoms with van der Waals surface area (Å²) in [6.45, 7) is 4.11. The molecule has 2 aliphatic rings. The lowest BCUT2D eigenvalue weighted by atomic mass is 9.84. The molecule has 2 heterocycles. The van der Waals surface area contributed by atoms with Gasteiger partial charge in [-0.3, -0.25) is 9.69 Å². The quantitative estimate of drug-likeness (QED) is 0.306. The zero-order valence-electron chi connectivity index (χ0n) is 20.3. The van der Waals surface area contributed by atoms with Gasteiger partial charge in [0.25, 0.3) is 0 Å². The first-order valence-corrected chi connectivity index (χ1v) is 13.6. The molecule has 0 radical (unpaired) electrons. The average Bonchev–Trinajstić information content (AvgIpc) is 3.02. The Kier molecular flexibility index (Phi) is 8.83. The number of amides is 1. The largest absolute Gasteiger partial charge is 0.495 e. The summed E-state index contributed by atoms with van der Waals surface area (Å²) < 4.78 is 30.2. The first-order valence-electron chi connectivity index (χ1n) is 12.0. The second kappa shape index (κ2) is 12.0. The molecule has 0 spiro atoms. The fourth-order valence-electron chi connectivity index (χ4n) is 4.71. The lowest BCUT2D eigenvalue weighted by molar-refractivity contribution is -0.117. The van der Waals surface area contributed by atoms with Crippen LogP contribution in [0.1, 0.15) is 38.2 Å². The Bertz CT molecular complexity index is 1170. The number of benzene rings is 1. The maximum atomic E-state index is 12.3. The van der Waals surface area contributed by atoms with Gasteiger partial charge in [-0.25, -0.2) is 18.1 Å². The molecule has 1 amide bonds. The molecule has 1 aliphatic carbocycles. The van der Waals surface area contributed by atoms with E-state index in [2.05, 4.69) is 35.5 Å². The van der Waals surface area contributed by atoms with Gasteiger partial charge in [-0.1, -0.05) is 31.4 Å². The Morgan fingerprint density at radius 1 is 1.25 bits per heavy atom. The molecule has 1 aromatic heterocycles. The second-order valence-electron chi connectivity index (χ2n) is 8.99. The van der Waals surface area contributed by atoms with Gasteiger partial charge >= 0.3 is 0 Å². The van der Waals surface area contributed by atoms with Crippen molar-refractivity contribution in [3.8, 4) is 5.75 Å². The molecule has 196 valence electrons. The minimum Gasteiger partial charge on any atom is -0.495 e. The summed E-state index contributed by atoms with van der Waals surface area (Å²) in [5, 5.41) is 9.92. The third kappa shape index (κ3) is 6.55.